The Morgan fingerprint density at radius 2 is 1.55 bits per heavy atom. The molecule has 0 radical (unpaired) electrons. The van der Waals surface area contributed by atoms with Crippen LogP contribution in [0.1, 0.15) is 22.7 Å². The van der Waals surface area contributed by atoms with Crippen molar-refractivity contribution in [2.75, 3.05) is 26.0 Å². The van der Waals surface area contributed by atoms with Crippen molar-refractivity contribution in [1.82, 2.24) is 5.32 Å². The van der Waals surface area contributed by atoms with Crippen LogP contribution in [0.3, 0.4) is 0 Å². The fraction of sp³-hybridized carbons (Fsp3) is 0.333. The standard InChI is InChI=1S/C18H24N2/c1-14-5-7-15(8-6-14)13-18(19-2)16-9-11-17(12-10-16)20(3)4/h5-12,18-19H,13H2,1-4H3. The quantitative estimate of drug-likeness (QED) is 0.892. The molecule has 0 amide bonds. The zero-order valence-electron chi connectivity index (χ0n) is 12.9. The molecule has 2 aromatic carbocycles. The van der Waals surface area contributed by atoms with E-state index >= 15 is 0 Å². The van der Waals surface area contributed by atoms with E-state index in [4.69, 9.17) is 0 Å². The summed E-state index contributed by atoms with van der Waals surface area (Å²) in [7, 11) is 6.16. The molecule has 0 aliphatic carbocycles. The summed E-state index contributed by atoms with van der Waals surface area (Å²) >= 11 is 0. The Kier molecular flexibility index (Phi) is 4.80. The molecule has 1 N–H and O–H groups in total. The zero-order valence-corrected chi connectivity index (χ0v) is 12.9. The van der Waals surface area contributed by atoms with Gasteiger partial charge < -0.3 is 10.2 Å². The van der Waals surface area contributed by atoms with Gasteiger partial charge in [-0.1, -0.05) is 42.0 Å². The lowest BCUT2D eigenvalue weighted by molar-refractivity contribution is 0.592. The van der Waals surface area contributed by atoms with Gasteiger partial charge in [0, 0.05) is 25.8 Å². The summed E-state index contributed by atoms with van der Waals surface area (Å²) in [6.45, 7) is 2.12. The highest BCUT2D eigenvalue weighted by atomic mass is 15.1. The third kappa shape index (κ3) is 3.61. The van der Waals surface area contributed by atoms with Crippen molar-refractivity contribution in [3.63, 3.8) is 0 Å². The van der Waals surface area contributed by atoms with Crippen molar-refractivity contribution in [1.29, 1.82) is 0 Å². The first kappa shape index (κ1) is 14.6. The monoisotopic (exact) mass is 268 g/mol. The van der Waals surface area contributed by atoms with Crippen LogP contribution in [0.5, 0.6) is 0 Å². The van der Waals surface area contributed by atoms with E-state index in [2.05, 4.69) is 79.8 Å². The zero-order chi connectivity index (χ0) is 14.5. The summed E-state index contributed by atoms with van der Waals surface area (Å²) < 4.78 is 0. The normalized spacial score (nSPS) is 12.2. The lowest BCUT2D eigenvalue weighted by Crippen LogP contribution is -2.19. The molecular formula is C18H24N2. The molecule has 0 heterocycles. The highest BCUT2D eigenvalue weighted by Crippen LogP contribution is 2.21. The molecule has 106 valence electrons. The molecule has 2 heteroatoms. The van der Waals surface area contributed by atoms with Gasteiger partial charge in [0.05, 0.1) is 0 Å². The first-order valence-corrected chi connectivity index (χ1v) is 7.10. The van der Waals surface area contributed by atoms with Gasteiger partial charge in [-0.2, -0.15) is 0 Å². The number of nitrogens with zero attached hydrogens (tertiary/aromatic N) is 1. The molecule has 0 aliphatic rings. The predicted octanol–water partition coefficient (Wildman–Crippen LogP) is 3.56. The van der Waals surface area contributed by atoms with Gasteiger partial charge >= 0.3 is 0 Å². The van der Waals surface area contributed by atoms with Crippen LogP contribution in [0.25, 0.3) is 0 Å². The topological polar surface area (TPSA) is 15.3 Å². The fourth-order valence-electron chi connectivity index (χ4n) is 2.35. The van der Waals surface area contributed by atoms with Gasteiger partial charge in [0.15, 0.2) is 0 Å². The van der Waals surface area contributed by atoms with Crippen LogP contribution >= 0.6 is 0 Å². The molecule has 0 aliphatic heterocycles. The maximum absolute atomic E-state index is 3.42. The van der Waals surface area contributed by atoms with Gasteiger partial charge in [0.2, 0.25) is 0 Å². The third-order valence-electron chi connectivity index (χ3n) is 3.72. The molecular weight excluding hydrogens is 244 g/mol. The number of hydrogen-bond donors (Lipinski definition) is 1. The summed E-state index contributed by atoms with van der Waals surface area (Å²) in [4.78, 5) is 2.12. The van der Waals surface area contributed by atoms with Gasteiger partial charge in [0.25, 0.3) is 0 Å². The van der Waals surface area contributed by atoms with Crippen LogP contribution < -0.4 is 10.2 Å². The second-order valence-corrected chi connectivity index (χ2v) is 5.52. The maximum atomic E-state index is 3.42. The van der Waals surface area contributed by atoms with Crippen molar-refractivity contribution in [3.05, 3.63) is 65.2 Å². The maximum Gasteiger partial charge on any atom is 0.0361 e. The van der Waals surface area contributed by atoms with Gasteiger partial charge in [-0.25, -0.2) is 0 Å². The van der Waals surface area contributed by atoms with Crippen molar-refractivity contribution in [3.8, 4) is 0 Å². The number of aryl methyl sites for hydroxylation is 1. The van der Waals surface area contributed by atoms with Gasteiger partial charge in [-0.15, -0.1) is 0 Å². The number of rotatable bonds is 5. The van der Waals surface area contributed by atoms with Crippen molar-refractivity contribution in [2.24, 2.45) is 0 Å². The molecule has 0 saturated heterocycles. The highest BCUT2D eigenvalue weighted by molar-refractivity contribution is 5.46. The minimum Gasteiger partial charge on any atom is -0.378 e. The second-order valence-electron chi connectivity index (χ2n) is 5.52. The highest BCUT2D eigenvalue weighted by Gasteiger charge is 2.10. The largest absolute Gasteiger partial charge is 0.378 e. The Labute approximate surface area is 122 Å². The van der Waals surface area contributed by atoms with E-state index < -0.39 is 0 Å². The SMILES string of the molecule is CNC(Cc1ccc(C)cc1)c1ccc(N(C)C)cc1. The Balaban J connectivity index is 2.13. The van der Waals surface area contributed by atoms with Gasteiger partial charge in [-0.05, 0) is 43.7 Å². The predicted molar refractivity (Wildman–Crippen MR) is 87.5 cm³/mol. The molecule has 20 heavy (non-hydrogen) atoms. The van der Waals surface area contributed by atoms with Gasteiger partial charge in [-0.3, -0.25) is 0 Å². The molecule has 1 atom stereocenters. The second kappa shape index (κ2) is 6.58. The molecule has 1 unspecified atom stereocenters. The number of anilines is 1. The summed E-state index contributed by atoms with van der Waals surface area (Å²) in [6, 6.07) is 17.9. The molecule has 0 bridgehead atoms. The molecule has 0 aromatic heterocycles. The number of benzene rings is 2. The van der Waals surface area contributed by atoms with E-state index in [0.29, 0.717) is 6.04 Å². The smallest absolute Gasteiger partial charge is 0.0361 e. The molecule has 2 aromatic rings. The van der Waals surface area contributed by atoms with Crippen molar-refractivity contribution >= 4 is 5.69 Å². The van der Waals surface area contributed by atoms with Crippen molar-refractivity contribution < 1.29 is 0 Å². The van der Waals surface area contributed by atoms with Crippen LogP contribution in [-0.4, -0.2) is 21.1 Å². The van der Waals surface area contributed by atoms with Crippen LogP contribution in [0.4, 0.5) is 5.69 Å². The van der Waals surface area contributed by atoms with Crippen LogP contribution in [0.2, 0.25) is 0 Å². The number of likely N-dealkylation sites (N-methyl/N-ethyl adjacent to an activating group) is 1. The summed E-state index contributed by atoms with van der Waals surface area (Å²) in [5, 5.41) is 3.42. The van der Waals surface area contributed by atoms with E-state index in [1.54, 1.807) is 0 Å². The lowest BCUT2D eigenvalue weighted by atomic mass is 9.98. The number of nitrogens with one attached hydrogen (secondary N) is 1. The lowest BCUT2D eigenvalue weighted by Gasteiger charge is -2.19. The molecule has 2 rings (SSSR count). The number of hydrogen-bond acceptors (Lipinski definition) is 2. The molecule has 2 nitrogen and oxygen atoms in total. The molecule has 0 fully saturated rings. The van der Waals surface area contributed by atoms with E-state index in [-0.39, 0.29) is 0 Å². The third-order valence-corrected chi connectivity index (χ3v) is 3.72. The van der Waals surface area contributed by atoms with E-state index in [1.165, 1.54) is 22.4 Å². The average Bonchev–Trinajstić information content (AvgIpc) is 2.47. The molecule has 0 spiro atoms. The summed E-state index contributed by atoms with van der Waals surface area (Å²) in [5.41, 5.74) is 5.24. The van der Waals surface area contributed by atoms with E-state index in [1.807, 2.05) is 7.05 Å². The first-order valence-electron chi connectivity index (χ1n) is 7.10. The first-order chi connectivity index (χ1) is 9.60. The Hall–Kier alpha value is -1.80. The Bertz CT molecular complexity index is 526. The minimum absolute atomic E-state index is 0.355. The van der Waals surface area contributed by atoms with Crippen LogP contribution in [-0.2, 0) is 6.42 Å². The van der Waals surface area contributed by atoms with E-state index in [0.717, 1.165) is 6.42 Å². The van der Waals surface area contributed by atoms with Crippen LogP contribution in [0.15, 0.2) is 48.5 Å². The Morgan fingerprint density at radius 3 is 2.05 bits per heavy atom. The van der Waals surface area contributed by atoms with Gasteiger partial charge in [0.1, 0.15) is 0 Å². The molecule has 0 saturated carbocycles. The van der Waals surface area contributed by atoms with Crippen molar-refractivity contribution in [2.45, 2.75) is 19.4 Å². The minimum atomic E-state index is 0.355. The van der Waals surface area contributed by atoms with E-state index in [9.17, 15) is 0 Å². The van der Waals surface area contributed by atoms with Crippen LogP contribution in [0, 0.1) is 6.92 Å². The summed E-state index contributed by atoms with van der Waals surface area (Å²) in [6.07, 6.45) is 1.01. The fourth-order valence-corrected chi connectivity index (χ4v) is 2.35. The summed E-state index contributed by atoms with van der Waals surface area (Å²) in [5.74, 6) is 0. The Morgan fingerprint density at radius 1 is 0.950 bits per heavy atom. The average molecular weight is 268 g/mol.